The summed E-state index contributed by atoms with van der Waals surface area (Å²) in [6.07, 6.45) is 0.850. The highest BCUT2D eigenvalue weighted by molar-refractivity contribution is 7.19. The smallest absolute Gasteiger partial charge is 0.268 e. The number of thiophene rings is 1. The molecule has 3 aromatic rings. The summed E-state index contributed by atoms with van der Waals surface area (Å²) in [6, 6.07) is 11.7. The molecule has 1 aromatic carbocycles. The maximum absolute atomic E-state index is 5.74. The molecule has 3 heterocycles. The van der Waals surface area contributed by atoms with Crippen molar-refractivity contribution in [3.8, 4) is 16.5 Å². The lowest BCUT2D eigenvalue weighted by Gasteiger charge is -2.23. The van der Waals surface area contributed by atoms with E-state index < -0.39 is 0 Å². The van der Waals surface area contributed by atoms with Gasteiger partial charge in [-0.05, 0) is 24.6 Å². The largest absolute Gasteiger partial charge is 0.493 e. The van der Waals surface area contributed by atoms with E-state index in [0.29, 0.717) is 18.3 Å². The lowest BCUT2D eigenvalue weighted by molar-refractivity contribution is 0.272. The first-order valence-electron chi connectivity index (χ1n) is 6.72. The van der Waals surface area contributed by atoms with Crippen LogP contribution in [-0.2, 0) is 0 Å². The summed E-state index contributed by atoms with van der Waals surface area (Å²) < 4.78 is 11.1. The Labute approximate surface area is 125 Å². The standard InChI is InChI=1S/C15H13N3O2S/c16-13-6-5-12(21-13)15-17-14(18-20-15)10-7-8-19-11-4-2-1-3-9(10)11/h1-6,10H,7-8,16H2. The van der Waals surface area contributed by atoms with Crippen LogP contribution in [0.5, 0.6) is 5.75 Å². The first-order valence-corrected chi connectivity index (χ1v) is 7.54. The summed E-state index contributed by atoms with van der Waals surface area (Å²) in [5, 5.41) is 4.89. The molecule has 4 rings (SSSR count). The zero-order chi connectivity index (χ0) is 14.2. The minimum absolute atomic E-state index is 0.116. The lowest BCUT2D eigenvalue weighted by Crippen LogP contribution is -2.16. The van der Waals surface area contributed by atoms with Crippen molar-refractivity contribution in [2.45, 2.75) is 12.3 Å². The highest BCUT2D eigenvalue weighted by Crippen LogP contribution is 2.37. The molecule has 0 bridgehead atoms. The fraction of sp³-hybridized carbons (Fsp3) is 0.200. The molecular formula is C15H13N3O2S. The molecule has 2 N–H and O–H groups in total. The van der Waals surface area contributed by atoms with Crippen LogP contribution in [0.1, 0.15) is 23.7 Å². The van der Waals surface area contributed by atoms with Crippen molar-refractivity contribution < 1.29 is 9.26 Å². The van der Waals surface area contributed by atoms with E-state index in [-0.39, 0.29) is 5.92 Å². The first-order chi connectivity index (χ1) is 10.3. The van der Waals surface area contributed by atoms with Crippen LogP contribution < -0.4 is 10.5 Å². The fourth-order valence-corrected chi connectivity index (χ4v) is 3.25. The Morgan fingerprint density at radius 3 is 2.95 bits per heavy atom. The van der Waals surface area contributed by atoms with Crippen molar-refractivity contribution >= 4 is 16.3 Å². The molecule has 0 spiro atoms. The summed E-state index contributed by atoms with van der Waals surface area (Å²) in [5.41, 5.74) is 6.85. The van der Waals surface area contributed by atoms with E-state index in [1.165, 1.54) is 11.3 Å². The van der Waals surface area contributed by atoms with Gasteiger partial charge in [0, 0.05) is 5.56 Å². The molecule has 6 heteroatoms. The van der Waals surface area contributed by atoms with E-state index in [4.69, 9.17) is 15.0 Å². The Hall–Kier alpha value is -2.34. The molecule has 1 aliphatic heterocycles. The molecule has 0 saturated carbocycles. The Morgan fingerprint density at radius 2 is 2.10 bits per heavy atom. The van der Waals surface area contributed by atoms with E-state index in [9.17, 15) is 0 Å². The molecule has 1 unspecified atom stereocenters. The minimum Gasteiger partial charge on any atom is -0.493 e. The first kappa shape index (κ1) is 12.4. The van der Waals surface area contributed by atoms with Crippen LogP contribution in [-0.4, -0.2) is 16.7 Å². The van der Waals surface area contributed by atoms with Crippen molar-refractivity contribution in [1.82, 2.24) is 10.1 Å². The van der Waals surface area contributed by atoms with Gasteiger partial charge in [-0.15, -0.1) is 11.3 Å². The van der Waals surface area contributed by atoms with Crippen molar-refractivity contribution in [2.24, 2.45) is 0 Å². The number of fused-ring (bicyclic) bond motifs is 1. The molecule has 2 aromatic heterocycles. The second kappa shape index (κ2) is 4.89. The van der Waals surface area contributed by atoms with Crippen LogP contribution in [0.15, 0.2) is 40.9 Å². The number of hydrogen-bond donors (Lipinski definition) is 1. The highest BCUT2D eigenvalue weighted by Gasteiger charge is 2.27. The zero-order valence-corrected chi connectivity index (χ0v) is 12.0. The number of aromatic nitrogens is 2. The summed E-state index contributed by atoms with van der Waals surface area (Å²) in [6.45, 7) is 0.664. The van der Waals surface area contributed by atoms with Gasteiger partial charge in [0.2, 0.25) is 0 Å². The number of para-hydroxylation sites is 1. The lowest BCUT2D eigenvalue weighted by atomic mass is 9.92. The highest BCUT2D eigenvalue weighted by atomic mass is 32.1. The van der Waals surface area contributed by atoms with E-state index in [1.807, 2.05) is 30.3 Å². The molecule has 0 aliphatic carbocycles. The number of nitrogen functional groups attached to an aromatic ring is 1. The van der Waals surface area contributed by atoms with Crippen molar-refractivity contribution in [2.75, 3.05) is 12.3 Å². The molecule has 21 heavy (non-hydrogen) atoms. The Balaban J connectivity index is 1.71. The number of rotatable bonds is 2. The molecule has 1 aliphatic rings. The van der Waals surface area contributed by atoms with Gasteiger partial charge in [-0.25, -0.2) is 0 Å². The minimum atomic E-state index is 0.116. The van der Waals surface area contributed by atoms with Gasteiger partial charge >= 0.3 is 0 Å². The molecule has 1 atom stereocenters. The fourth-order valence-electron chi connectivity index (χ4n) is 2.55. The quantitative estimate of drug-likeness (QED) is 0.786. The van der Waals surface area contributed by atoms with Crippen molar-refractivity contribution in [3.05, 3.63) is 47.8 Å². The van der Waals surface area contributed by atoms with E-state index in [0.717, 1.165) is 27.6 Å². The van der Waals surface area contributed by atoms with Crippen LogP contribution in [0.4, 0.5) is 5.00 Å². The topological polar surface area (TPSA) is 74.2 Å². The van der Waals surface area contributed by atoms with Crippen LogP contribution >= 0.6 is 11.3 Å². The van der Waals surface area contributed by atoms with Crippen LogP contribution in [0.3, 0.4) is 0 Å². The number of ether oxygens (including phenoxy) is 1. The van der Waals surface area contributed by atoms with Crippen molar-refractivity contribution in [3.63, 3.8) is 0 Å². The summed E-state index contributed by atoms with van der Waals surface area (Å²) in [5.74, 6) is 2.24. The predicted octanol–water partition coefficient (Wildman–Crippen LogP) is 3.29. The summed E-state index contributed by atoms with van der Waals surface area (Å²) in [7, 11) is 0. The summed E-state index contributed by atoms with van der Waals surface area (Å²) >= 11 is 1.44. The number of benzene rings is 1. The molecule has 0 saturated heterocycles. The number of anilines is 1. The van der Waals surface area contributed by atoms with Gasteiger partial charge in [0.05, 0.1) is 22.4 Å². The second-order valence-corrected chi connectivity index (χ2v) is 6.00. The third-order valence-electron chi connectivity index (χ3n) is 3.55. The molecule has 0 fully saturated rings. The van der Waals surface area contributed by atoms with Crippen LogP contribution in [0.2, 0.25) is 0 Å². The summed E-state index contributed by atoms with van der Waals surface area (Å²) in [4.78, 5) is 5.43. The van der Waals surface area contributed by atoms with Gasteiger partial charge < -0.3 is 15.0 Å². The molecule has 0 radical (unpaired) electrons. The SMILES string of the molecule is Nc1ccc(-c2nc(C3CCOc4ccccc43)no2)s1. The normalized spacial score (nSPS) is 17.2. The van der Waals surface area contributed by atoms with Gasteiger partial charge in [0.25, 0.3) is 5.89 Å². The number of hydrogen-bond acceptors (Lipinski definition) is 6. The monoisotopic (exact) mass is 299 g/mol. The maximum Gasteiger partial charge on any atom is 0.268 e. The number of nitrogens with two attached hydrogens (primary N) is 1. The van der Waals surface area contributed by atoms with E-state index >= 15 is 0 Å². The van der Waals surface area contributed by atoms with E-state index in [1.54, 1.807) is 0 Å². The second-order valence-electron chi connectivity index (χ2n) is 4.89. The van der Waals surface area contributed by atoms with Crippen molar-refractivity contribution in [1.29, 1.82) is 0 Å². The number of nitrogens with zero attached hydrogens (tertiary/aromatic N) is 2. The van der Waals surface area contributed by atoms with Crippen LogP contribution in [0.25, 0.3) is 10.8 Å². The maximum atomic E-state index is 5.74. The van der Waals surface area contributed by atoms with Gasteiger partial charge in [0.15, 0.2) is 5.82 Å². The van der Waals surface area contributed by atoms with Crippen LogP contribution in [0, 0.1) is 0 Å². The third kappa shape index (κ3) is 2.17. The van der Waals surface area contributed by atoms with Gasteiger partial charge in [-0.3, -0.25) is 0 Å². The Bertz CT molecular complexity index is 781. The Kier molecular flexibility index (Phi) is 2.89. The molecular weight excluding hydrogens is 286 g/mol. The molecule has 5 nitrogen and oxygen atoms in total. The van der Waals surface area contributed by atoms with E-state index in [2.05, 4.69) is 16.2 Å². The molecule has 106 valence electrons. The average molecular weight is 299 g/mol. The van der Waals surface area contributed by atoms with Gasteiger partial charge in [-0.1, -0.05) is 23.4 Å². The van der Waals surface area contributed by atoms with Gasteiger partial charge in [0.1, 0.15) is 5.75 Å². The average Bonchev–Trinajstić information content (AvgIpc) is 3.15. The third-order valence-corrected chi connectivity index (χ3v) is 4.45. The Morgan fingerprint density at radius 1 is 1.19 bits per heavy atom. The zero-order valence-electron chi connectivity index (χ0n) is 11.2. The van der Waals surface area contributed by atoms with Gasteiger partial charge in [-0.2, -0.15) is 4.98 Å². The molecule has 0 amide bonds. The predicted molar refractivity (Wildman–Crippen MR) is 80.4 cm³/mol.